The summed E-state index contributed by atoms with van der Waals surface area (Å²) in [6.07, 6.45) is 2.07. The highest BCUT2D eigenvalue weighted by Gasteiger charge is 2.61. The minimum atomic E-state index is -5.22. The highest BCUT2D eigenvalue weighted by Crippen LogP contribution is 2.32. The van der Waals surface area contributed by atoms with Crippen LogP contribution in [-0.2, 0) is 29.2 Å². The maximum Gasteiger partial charge on any atom is 0.323 e. The molecule has 1 fully saturated rings. The number of nitrogens with two attached hydrogens (primary N) is 1. The molecular weight excluding hydrogens is 520 g/mol. The van der Waals surface area contributed by atoms with E-state index < -0.39 is 58.1 Å². The molecule has 0 aromatic rings. The molecule has 0 aliphatic carbocycles. The number of carbonyl (C=O) groups is 2. The van der Waals surface area contributed by atoms with Gasteiger partial charge in [-0.1, -0.05) is 51.9 Å². The largest absolute Gasteiger partial charge is 0.465 e. The fraction of sp³-hybridized carbons (Fsp3) is 0.905. The van der Waals surface area contributed by atoms with Crippen LogP contribution in [0.2, 0.25) is 0 Å². The first kappa shape index (κ1) is 35.0. The van der Waals surface area contributed by atoms with E-state index in [9.17, 15) is 33.3 Å². The van der Waals surface area contributed by atoms with Gasteiger partial charge in [0, 0.05) is 12.7 Å². The van der Waals surface area contributed by atoms with Gasteiger partial charge < -0.3 is 41.0 Å². The van der Waals surface area contributed by atoms with Crippen molar-refractivity contribution in [1.82, 2.24) is 5.32 Å². The fourth-order valence-electron chi connectivity index (χ4n) is 3.36. The zero-order valence-electron chi connectivity index (χ0n) is 20.8. The summed E-state index contributed by atoms with van der Waals surface area (Å²) >= 11 is 3.95. The topological polar surface area (TPSA) is 226 Å². The Hall–Kier alpha value is -1.04. The van der Waals surface area contributed by atoms with E-state index in [0.29, 0.717) is 12.4 Å². The molecule has 0 saturated carbocycles. The van der Waals surface area contributed by atoms with Gasteiger partial charge in [0.05, 0.1) is 13.2 Å². The highest BCUT2D eigenvalue weighted by atomic mass is 32.2. The molecule has 0 spiro atoms. The van der Waals surface area contributed by atoms with E-state index in [1.54, 1.807) is 5.32 Å². The molecule has 1 aliphatic rings. The van der Waals surface area contributed by atoms with Crippen molar-refractivity contribution < 1.29 is 52.5 Å². The molecule has 1 rings (SSSR count). The SMILES string of the molecule is CC(=O)NC1(S(=O)(=O)O)O[C@H](CO)[C@H](O)[C@H](O)[C@H]1O.CCCCCCCCCCOC(=O)C(N)CS. The lowest BCUT2D eigenvalue weighted by Gasteiger charge is -2.46. The molecule has 0 aromatic heterocycles. The van der Waals surface area contributed by atoms with Gasteiger partial charge >= 0.3 is 21.1 Å². The van der Waals surface area contributed by atoms with Crippen molar-refractivity contribution in [3.05, 3.63) is 0 Å². The Morgan fingerprint density at radius 1 is 1.08 bits per heavy atom. The molecule has 8 N–H and O–H groups in total. The molecule has 0 bridgehead atoms. The lowest BCUT2D eigenvalue weighted by atomic mass is 9.98. The molecule has 36 heavy (non-hydrogen) atoms. The number of rotatable bonds is 14. The van der Waals surface area contributed by atoms with Crippen LogP contribution in [0.3, 0.4) is 0 Å². The van der Waals surface area contributed by atoms with E-state index in [4.69, 9.17) is 24.9 Å². The first-order chi connectivity index (χ1) is 16.8. The number of aliphatic hydroxyl groups is 4. The standard InChI is InChI=1S/C13H27NO2S.C8H15NO9S/c1-2-3-4-5-6-7-8-9-10-16-13(15)12(14)11-17;1-3(11)9-8(19(15,16)17)7(14)6(13)5(12)4(2-10)18-8/h12,17H,2-11,14H2,1H3;4-7,10,12-14H,2H2,1H3,(H,9,11)(H,15,16,17)/t;4-,5+,6+,7-,8?/m.1/s1. The maximum absolute atomic E-state index is 11.3. The van der Waals surface area contributed by atoms with Gasteiger partial charge in [-0.2, -0.15) is 21.0 Å². The molecule has 1 saturated heterocycles. The van der Waals surface area contributed by atoms with Crippen LogP contribution >= 0.6 is 12.6 Å². The van der Waals surface area contributed by atoms with Gasteiger partial charge in [-0.15, -0.1) is 0 Å². The van der Waals surface area contributed by atoms with Gasteiger partial charge in [0.15, 0.2) is 0 Å². The normalized spacial score (nSPS) is 26.9. The van der Waals surface area contributed by atoms with Crippen molar-refractivity contribution in [2.45, 2.75) is 101 Å². The summed E-state index contributed by atoms with van der Waals surface area (Å²) in [6.45, 7) is 2.69. The molecule has 15 heteroatoms. The van der Waals surface area contributed by atoms with E-state index in [-0.39, 0.29) is 5.97 Å². The summed E-state index contributed by atoms with van der Waals surface area (Å²) < 4.78 is 41.6. The van der Waals surface area contributed by atoms with Crippen molar-refractivity contribution in [3.8, 4) is 0 Å². The van der Waals surface area contributed by atoms with Gasteiger partial charge in [-0.3, -0.25) is 14.1 Å². The van der Waals surface area contributed by atoms with Crippen LogP contribution in [-0.4, -0.2) is 99.8 Å². The molecule has 1 heterocycles. The smallest absolute Gasteiger partial charge is 0.323 e. The van der Waals surface area contributed by atoms with Crippen LogP contribution in [0.15, 0.2) is 0 Å². The third kappa shape index (κ3) is 11.1. The number of thiol groups is 1. The number of esters is 1. The van der Waals surface area contributed by atoms with Crippen LogP contribution in [0.4, 0.5) is 0 Å². The predicted molar refractivity (Wildman–Crippen MR) is 133 cm³/mol. The van der Waals surface area contributed by atoms with Gasteiger partial charge in [0.1, 0.15) is 30.5 Å². The van der Waals surface area contributed by atoms with Crippen LogP contribution in [0, 0.1) is 0 Å². The summed E-state index contributed by atoms with van der Waals surface area (Å²) in [5, 5.41) is 36.2. The minimum absolute atomic E-state index is 0.331. The van der Waals surface area contributed by atoms with E-state index >= 15 is 0 Å². The number of nitrogens with one attached hydrogen (secondary N) is 1. The van der Waals surface area contributed by atoms with Crippen molar-refractivity contribution >= 4 is 34.6 Å². The Morgan fingerprint density at radius 2 is 1.61 bits per heavy atom. The van der Waals surface area contributed by atoms with E-state index in [0.717, 1.165) is 19.8 Å². The molecule has 1 aliphatic heterocycles. The second-order valence-electron chi connectivity index (χ2n) is 8.52. The Morgan fingerprint density at radius 3 is 2.06 bits per heavy atom. The monoisotopic (exact) mass is 562 g/mol. The third-order valence-corrected chi connectivity index (χ3v) is 7.02. The Bertz CT molecular complexity index is 754. The molecule has 214 valence electrons. The molecule has 0 radical (unpaired) electrons. The molecule has 0 aromatic carbocycles. The summed E-state index contributed by atoms with van der Waals surface area (Å²) in [7, 11) is -5.22. The minimum Gasteiger partial charge on any atom is -0.465 e. The quantitative estimate of drug-likeness (QED) is 0.0556. The van der Waals surface area contributed by atoms with E-state index in [1.165, 1.54) is 38.5 Å². The molecule has 6 atom stereocenters. The van der Waals surface area contributed by atoms with Crippen molar-refractivity contribution in [3.63, 3.8) is 0 Å². The van der Waals surface area contributed by atoms with Crippen molar-refractivity contribution in [2.75, 3.05) is 19.0 Å². The molecule has 2 unspecified atom stereocenters. The predicted octanol–water partition coefficient (Wildman–Crippen LogP) is -0.935. The average molecular weight is 563 g/mol. The average Bonchev–Trinajstić information content (AvgIpc) is 2.82. The first-order valence-corrected chi connectivity index (χ1v) is 14.0. The molecule has 1 amide bonds. The van der Waals surface area contributed by atoms with E-state index in [2.05, 4.69) is 19.6 Å². The van der Waals surface area contributed by atoms with Gasteiger partial charge in [-0.25, -0.2) is 0 Å². The number of carbonyl (C=O) groups excluding carboxylic acids is 2. The van der Waals surface area contributed by atoms with Crippen LogP contribution < -0.4 is 11.1 Å². The lowest BCUT2D eigenvalue weighted by Crippen LogP contribution is -2.73. The molecule has 13 nitrogen and oxygen atoms in total. The number of amides is 1. The zero-order valence-corrected chi connectivity index (χ0v) is 22.5. The Labute approximate surface area is 217 Å². The second kappa shape index (κ2) is 17.5. The van der Waals surface area contributed by atoms with Gasteiger partial charge in [0.25, 0.3) is 0 Å². The number of aliphatic hydroxyl groups excluding tert-OH is 4. The van der Waals surface area contributed by atoms with Crippen LogP contribution in [0.1, 0.15) is 65.2 Å². The Balaban J connectivity index is 0.000000686. The first-order valence-electron chi connectivity index (χ1n) is 11.9. The van der Waals surface area contributed by atoms with Gasteiger partial charge in [0.2, 0.25) is 5.91 Å². The number of unbranched alkanes of at least 4 members (excludes halogenated alkanes) is 7. The van der Waals surface area contributed by atoms with Crippen molar-refractivity contribution in [2.24, 2.45) is 5.73 Å². The number of hydrogen-bond donors (Lipinski definition) is 8. The summed E-state index contributed by atoms with van der Waals surface area (Å²) in [4.78, 5) is 22.2. The second-order valence-corrected chi connectivity index (χ2v) is 10.4. The van der Waals surface area contributed by atoms with E-state index in [1.807, 2.05) is 0 Å². The fourth-order valence-corrected chi connectivity index (χ4v) is 4.47. The lowest BCUT2D eigenvalue weighted by molar-refractivity contribution is -0.253. The van der Waals surface area contributed by atoms with Crippen molar-refractivity contribution in [1.29, 1.82) is 0 Å². The van der Waals surface area contributed by atoms with Crippen LogP contribution in [0.25, 0.3) is 0 Å². The summed E-state index contributed by atoms with van der Waals surface area (Å²) in [5.41, 5.74) is 5.47. The highest BCUT2D eigenvalue weighted by molar-refractivity contribution is 7.87. The van der Waals surface area contributed by atoms with Gasteiger partial charge in [-0.05, 0) is 6.42 Å². The number of ether oxygens (including phenoxy) is 2. The van der Waals surface area contributed by atoms with Crippen LogP contribution in [0.5, 0.6) is 0 Å². The number of hydrogen-bond acceptors (Lipinski definition) is 12. The molecular formula is C21H42N2O11S2. The summed E-state index contributed by atoms with van der Waals surface area (Å²) in [5.74, 6) is -0.976. The maximum atomic E-state index is 11.3. The summed E-state index contributed by atoms with van der Waals surface area (Å²) in [6, 6.07) is -0.577. The third-order valence-electron chi connectivity index (χ3n) is 5.43. The zero-order chi connectivity index (χ0) is 27.9. The Kier molecular flexibility index (Phi) is 17.0.